The van der Waals surface area contributed by atoms with Gasteiger partial charge in [-0.2, -0.15) is 0 Å². The average molecular weight is 288 g/mol. The van der Waals surface area contributed by atoms with Crippen LogP contribution < -0.4 is 10.2 Å². The number of phenolic OH excluding ortho intramolecular Hbond substituents is 2. The number of benzene rings is 2. The summed E-state index contributed by atoms with van der Waals surface area (Å²) in [5, 5.41) is 35.3. The van der Waals surface area contributed by atoms with Crippen LogP contribution in [0.25, 0.3) is 0 Å². The van der Waals surface area contributed by atoms with Gasteiger partial charge in [0.2, 0.25) is 0 Å². The zero-order chi connectivity index (χ0) is 16.0. The molecule has 0 saturated heterocycles. The van der Waals surface area contributed by atoms with E-state index in [4.69, 9.17) is 15.0 Å². The van der Waals surface area contributed by atoms with Gasteiger partial charge >= 0.3 is 0 Å². The molecule has 0 aromatic heterocycles. The van der Waals surface area contributed by atoms with Crippen LogP contribution in [0.15, 0.2) is 48.5 Å². The summed E-state index contributed by atoms with van der Waals surface area (Å²) in [7, 11) is 0. The van der Waals surface area contributed by atoms with Gasteiger partial charge in [-0.15, -0.1) is 0 Å². The molecule has 2 rings (SSSR count). The first-order valence-corrected chi connectivity index (χ1v) is 6.20. The van der Waals surface area contributed by atoms with Crippen molar-refractivity contribution in [3.8, 4) is 11.5 Å². The molecule has 0 saturated carbocycles. The van der Waals surface area contributed by atoms with Crippen molar-refractivity contribution in [2.45, 2.75) is 19.3 Å². The third-order valence-corrected chi connectivity index (χ3v) is 3.18. The highest BCUT2D eigenvalue weighted by atomic mass is 16.6. The second-order valence-corrected chi connectivity index (χ2v) is 4.97. The summed E-state index contributed by atoms with van der Waals surface area (Å²) >= 11 is 0. The average Bonchev–Trinajstić information content (AvgIpc) is 2.39. The van der Waals surface area contributed by atoms with E-state index in [2.05, 4.69) is 13.8 Å². The standard InChI is InChI=1S/C15H16O2.CH2O3/c1-15(2,11-3-7-13(16)8-4-11)12-5-9-14(17)10-6-12;2-1(3)4/h3-10,16-17H,1-2H3;(H2,2,3,4)/p-2. The molecule has 112 valence electrons. The molecule has 0 aliphatic heterocycles. The lowest BCUT2D eigenvalue weighted by atomic mass is 9.78. The largest absolute Gasteiger partial charge is 0.652 e. The summed E-state index contributed by atoms with van der Waals surface area (Å²) in [6, 6.07) is 14.4. The first kappa shape index (κ1) is 16.4. The van der Waals surface area contributed by atoms with Crippen LogP contribution in [0.1, 0.15) is 25.0 Å². The Morgan fingerprint density at radius 2 is 1.05 bits per heavy atom. The molecule has 0 unspecified atom stereocenters. The number of carbonyl (C=O) groups is 1. The molecule has 2 N–H and O–H groups in total. The van der Waals surface area contributed by atoms with Crippen LogP contribution in [0.4, 0.5) is 4.79 Å². The van der Waals surface area contributed by atoms with Crippen LogP contribution in [0, 0.1) is 0 Å². The molecule has 0 heterocycles. The third kappa shape index (κ3) is 4.72. The van der Waals surface area contributed by atoms with E-state index in [0.717, 1.165) is 11.1 Å². The summed E-state index contributed by atoms with van der Waals surface area (Å²) in [6.45, 7) is 4.23. The zero-order valence-corrected chi connectivity index (χ0v) is 11.7. The molecule has 21 heavy (non-hydrogen) atoms. The number of phenols is 2. The Balaban J connectivity index is 0.000000491. The highest BCUT2D eigenvalue weighted by molar-refractivity contribution is 5.47. The lowest BCUT2D eigenvalue weighted by Crippen LogP contribution is -2.37. The zero-order valence-electron chi connectivity index (χ0n) is 11.7. The first-order chi connectivity index (χ1) is 9.73. The molecular formula is C16H16O5-2. The van der Waals surface area contributed by atoms with Gasteiger partial charge in [0, 0.05) is 5.41 Å². The monoisotopic (exact) mass is 288 g/mol. The molecule has 0 atom stereocenters. The van der Waals surface area contributed by atoms with Gasteiger partial charge in [0.15, 0.2) is 0 Å². The SMILES string of the molecule is CC(C)(c1ccc(O)cc1)c1ccc(O)cc1.O=C([O-])[O-]. The number of hydrogen-bond donors (Lipinski definition) is 2. The summed E-state index contributed by atoms with van der Waals surface area (Å²) in [5.74, 6) is 0.547. The fourth-order valence-electron chi connectivity index (χ4n) is 1.92. The maximum Gasteiger partial charge on any atom is 0.115 e. The molecule has 0 fully saturated rings. The van der Waals surface area contributed by atoms with Gasteiger partial charge in [-0.3, -0.25) is 0 Å². The molecule has 5 nitrogen and oxygen atoms in total. The van der Waals surface area contributed by atoms with E-state index >= 15 is 0 Å². The number of carboxylic acid groups (broad SMARTS) is 2. The Labute approximate surface area is 122 Å². The van der Waals surface area contributed by atoms with Gasteiger partial charge in [-0.25, -0.2) is 0 Å². The molecule has 0 aliphatic rings. The van der Waals surface area contributed by atoms with Crippen molar-refractivity contribution in [1.29, 1.82) is 0 Å². The number of rotatable bonds is 2. The van der Waals surface area contributed by atoms with Gasteiger partial charge in [0.25, 0.3) is 0 Å². The predicted molar refractivity (Wildman–Crippen MR) is 73.7 cm³/mol. The van der Waals surface area contributed by atoms with E-state index in [0.29, 0.717) is 0 Å². The number of aromatic hydroxyl groups is 2. The quantitative estimate of drug-likeness (QED) is 0.857. The van der Waals surface area contributed by atoms with Crippen molar-refractivity contribution in [2.75, 3.05) is 0 Å². The normalized spacial score (nSPS) is 10.4. The van der Waals surface area contributed by atoms with Crippen LogP contribution in [0.5, 0.6) is 11.5 Å². The molecule has 0 aliphatic carbocycles. The maximum absolute atomic E-state index is 9.30. The Bertz CT molecular complexity index is 534. The van der Waals surface area contributed by atoms with Crippen molar-refractivity contribution in [2.24, 2.45) is 0 Å². The summed E-state index contributed by atoms with van der Waals surface area (Å²) < 4.78 is 0. The van der Waals surface area contributed by atoms with Crippen LogP contribution >= 0.6 is 0 Å². The summed E-state index contributed by atoms with van der Waals surface area (Å²) in [5.41, 5.74) is 2.10. The van der Waals surface area contributed by atoms with Gasteiger partial charge in [-0.1, -0.05) is 38.1 Å². The Morgan fingerprint density at radius 1 is 0.810 bits per heavy atom. The van der Waals surface area contributed by atoms with Crippen LogP contribution in [0.3, 0.4) is 0 Å². The highest BCUT2D eigenvalue weighted by Gasteiger charge is 2.22. The fraction of sp³-hybridized carbons (Fsp3) is 0.188. The maximum atomic E-state index is 9.30. The molecule has 0 amide bonds. The second kappa shape index (κ2) is 6.65. The van der Waals surface area contributed by atoms with E-state index in [9.17, 15) is 10.2 Å². The first-order valence-electron chi connectivity index (χ1n) is 6.20. The van der Waals surface area contributed by atoms with Crippen molar-refractivity contribution in [3.63, 3.8) is 0 Å². The Morgan fingerprint density at radius 3 is 1.29 bits per heavy atom. The molecule has 5 heteroatoms. The lowest BCUT2D eigenvalue weighted by molar-refractivity contribution is -0.415. The molecule has 0 radical (unpaired) electrons. The predicted octanol–water partition coefficient (Wildman–Crippen LogP) is 0.977. The Kier molecular flexibility index (Phi) is 5.18. The Hall–Kier alpha value is -2.69. The molecule has 0 bridgehead atoms. The highest BCUT2D eigenvalue weighted by Crippen LogP contribution is 2.32. The van der Waals surface area contributed by atoms with Crippen molar-refractivity contribution in [3.05, 3.63) is 59.7 Å². The molecule has 0 spiro atoms. The van der Waals surface area contributed by atoms with Crippen molar-refractivity contribution < 1.29 is 25.2 Å². The molecule has 2 aromatic carbocycles. The van der Waals surface area contributed by atoms with Crippen molar-refractivity contribution in [1.82, 2.24) is 0 Å². The third-order valence-electron chi connectivity index (χ3n) is 3.18. The van der Waals surface area contributed by atoms with Crippen LogP contribution in [-0.4, -0.2) is 16.4 Å². The van der Waals surface area contributed by atoms with Gasteiger partial charge < -0.3 is 25.2 Å². The van der Waals surface area contributed by atoms with Crippen LogP contribution in [-0.2, 0) is 5.41 Å². The minimum Gasteiger partial charge on any atom is -0.652 e. The van der Waals surface area contributed by atoms with E-state index in [1.807, 2.05) is 24.3 Å². The van der Waals surface area contributed by atoms with E-state index < -0.39 is 6.16 Å². The topological polar surface area (TPSA) is 104 Å². The molecular weight excluding hydrogens is 272 g/mol. The van der Waals surface area contributed by atoms with Crippen molar-refractivity contribution >= 4 is 6.16 Å². The summed E-state index contributed by atoms with van der Waals surface area (Å²) in [4.78, 5) is 8.33. The smallest absolute Gasteiger partial charge is 0.115 e. The fourth-order valence-corrected chi connectivity index (χ4v) is 1.92. The van der Waals surface area contributed by atoms with Gasteiger partial charge in [-0.05, 0) is 41.5 Å². The van der Waals surface area contributed by atoms with E-state index in [1.54, 1.807) is 24.3 Å². The number of carbonyl (C=O) groups excluding carboxylic acids is 1. The van der Waals surface area contributed by atoms with E-state index in [-0.39, 0.29) is 16.9 Å². The number of hydrogen-bond acceptors (Lipinski definition) is 5. The lowest BCUT2D eigenvalue weighted by Gasteiger charge is -2.26. The minimum atomic E-state index is -2.33. The minimum absolute atomic E-state index is 0.151. The van der Waals surface area contributed by atoms with Crippen LogP contribution in [0.2, 0.25) is 0 Å². The van der Waals surface area contributed by atoms with E-state index in [1.165, 1.54) is 0 Å². The van der Waals surface area contributed by atoms with Gasteiger partial charge in [0.05, 0.1) is 0 Å². The second-order valence-electron chi connectivity index (χ2n) is 4.97. The summed E-state index contributed by atoms with van der Waals surface area (Å²) in [6.07, 6.45) is -2.33. The molecule has 2 aromatic rings. The van der Waals surface area contributed by atoms with Gasteiger partial charge in [0.1, 0.15) is 11.5 Å².